The molecular weight excluding hydrogens is 332 g/mol. The third-order valence-corrected chi connectivity index (χ3v) is 3.49. The van der Waals surface area contributed by atoms with E-state index in [-0.39, 0.29) is 6.03 Å². The van der Waals surface area contributed by atoms with Crippen molar-refractivity contribution in [3.05, 3.63) is 72.3 Å². The van der Waals surface area contributed by atoms with E-state index in [2.05, 4.69) is 16.4 Å². The molecule has 130 valence electrons. The van der Waals surface area contributed by atoms with Crippen LogP contribution in [0, 0.1) is 11.3 Å². The van der Waals surface area contributed by atoms with E-state index in [0.717, 1.165) is 0 Å². The lowest BCUT2D eigenvalue weighted by Crippen LogP contribution is -2.30. The van der Waals surface area contributed by atoms with Gasteiger partial charge in [0.2, 0.25) is 5.88 Å². The molecule has 26 heavy (non-hydrogen) atoms. The lowest BCUT2D eigenvalue weighted by molar-refractivity contribution is 0.217. The van der Waals surface area contributed by atoms with E-state index in [9.17, 15) is 4.79 Å². The summed E-state index contributed by atoms with van der Waals surface area (Å²) in [5, 5.41) is 11.7. The Morgan fingerprint density at radius 2 is 2.19 bits per heavy atom. The number of urea groups is 1. The zero-order valence-corrected chi connectivity index (χ0v) is 14.0. The van der Waals surface area contributed by atoms with E-state index in [4.69, 9.17) is 14.4 Å². The van der Waals surface area contributed by atoms with E-state index < -0.39 is 0 Å². The Morgan fingerprint density at radius 3 is 2.88 bits per heavy atom. The summed E-state index contributed by atoms with van der Waals surface area (Å²) in [4.78, 5) is 17.8. The summed E-state index contributed by atoms with van der Waals surface area (Å²) in [6, 6.07) is 15.5. The SMILES string of the molecule is CN(Cc1ccco1)C(=O)Nc1ccc(Oc2cccc(C#N)c2)nc1. The van der Waals surface area contributed by atoms with Crippen LogP contribution in [0.1, 0.15) is 11.3 Å². The first-order valence-electron chi connectivity index (χ1n) is 7.82. The monoisotopic (exact) mass is 348 g/mol. The van der Waals surface area contributed by atoms with Crippen LogP contribution in [0.5, 0.6) is 11.6 Å². The second-order valence-electron chi connectivity index (χ2n) is 5.49. The van der Waals surface area contributed by atoms with Crippen LogP contribution in [0.15, 0.2) is 65.4 Å². The topological polar surface area (TPSA) is 91.4 Å². The van der Waals surface area contributed by atoms with E-state index in [1.165, 1.54) is 11.1 Å². The summed E-state index contributed by atoms with van der Waals surface area (Å²) < 4.78 is 10.8. The minimum Gasteiger partial charge on any atom is -0.467 e. The van der Waals surface area contributed by atoms with Gasteiger partial charge in [-0.15, -0.1) is 0 Å². The lowest BCUT2D eigenvalue weighted by atomic mass is 10.2. The summed E-state index contributed by atoms with van der Waals surface area (Å²) in [6.45, 7) is 0.364. The van der Waals surface area contributed by atoms with Gasteiger partial charge in [-0.1, -0.05) is 6.07 Å². The molecule has 2 heterocycles. The molecule has 1 aromatic carbocycles. The first kappa shape index (κ1) is 17.0. The van der Waals surface area contributed by atoms with Crippen LogP contribution in [0.3, 0.4) is 0 Å². The van der Waals surface area contributed by atoms with Gasteiger partial charge in [0, 0.05) is 13.1 Å². The predicted molar refractivity (Wildman–Crippen MR) is 94.7 cm³/mol. The summed E-state index contributed by atoms with van der Waals surface area (Å²) in [5.74, 6) is 1.58. The molecule has 0 radical (unpaired) electrons. The van der Waals surface area contributed by atoms with Crippen LogP contribution in [-0.4, -0.2) is 23.0 Å². The smallest absolute Gasteiger partial charge is 0.322 e. The quantitative estimate of drug-likeness (QED) is 0.752. The number of hydrogen-bond donors (Lipinski definition) is 1. The number of aromatic nitrogens is 1. The molecule has 7 nitrogen and oxygen atoms in total. The number of carbonyl (C=O) groups is 1. The number of nitrogens with one attached hydrogen (secondary N) is 1. The maximum absolute atomic E-state index is 12.2. The molecule has 0 aliphatic heterocycles. The van der Waals surface area contributed by atoms with Crippen molar-refractivity contribution in [1.29, 1.82) is 5.26 Å². The number of nitriles is 1. The van der Waals surface area contributed by atoms with Gasteiger partial charge in [-0.05, 0) is 36.4 Å². The van der Waals surface area contributed by atoms with Crippen molar-refractivity contribution in [3.63, 3.8) is 0 Å². The third-order valence-electron chi connectivity index (χ3n) is 3.49. The highest BCUT2D eigenvalue weighted by molar-refractivity contribution is 5.88. The predicted octanol–water partition coefficient (Wildman–Crippen LogP) is 4.00. The number of ether oxygens (including phenoxy) is 1. The Morgan fingerprint density at radius 1 is 1.31 bits per heavy atom. The minimum absolute atomic E-state index is 0.279. The van der Waals surface area contributed by atoms with Crippen LogP contribution < -0.4 is 10.1 Å². The molecule has 0 aliphatic rings. The van der Waals surface area contributed by atoms with Gasteiger partial charge >= 0.3 is 6.03 Å². The Balaban J connectivity index is 1.58. The first-order valence-corrected chi connectivity index (χ1v) is 7.82. The summed E-state index contributed by atoms with van der Waals surface area (Å²) in [5.41, 5.74) is 1.05. The average molecular weight is 348 g/mol. The van der Waals surface area contributed by atoms with Gasteiger partial charge in [-0.2, -0.15) is 5.26 Å². The first-order chi connectivity index (χ1) is 12.6. The van der Waals surface area contributed by atoms with Crippen LogP contribution in [-0.2, 0) is 6.54 Å². The van der Waals surface area contributed by atoms with Crippen molar-refractivity contribution in [1.82, 2.24) is 9.88 Å². The number of nitrogens with zero attached hydrogens (tertiary/aromatic N) is 3. The van der Waals surface area contributed by atoms with Crippen molar-refractivity contribution in [2.75, 3.05) is 12.4 Å². The van der Waals surface area contributed by atoms with E-state index in [1.807, 2.05) is 0 Å². The molecular formula is C19H16N4O3. The Labute approximate surface area is 150 Å². The number of furan rings is 1. The van der Waals surface area contributed by atoms with Crippen molar-refractivity contribution in [2.24, 2.45) is 0 Å². The van der Waals surface area contributed by atoms with Crippen LogP contribution in [0.4, 0.5) is 10.5 Å². The number of rotatable bonds is 5. The van der Waals surface area contributed by atoms with E-state index in [0.29, 0.717) is 35.2 Å². The van der Waals surface area contributed by atoms with Gasteiger partial charge in [-0.3, -0.25) is 0 Å². The number of amides is 2. The van der Waals surface area contributed by atoms with Crippen molar-refractivity contribution in [3.8, 4) is 17.7 Å². The third kappa shape index (κ3) is 4.39. The average Bonchev–Trinajstić information content (AvgIpc) is 3.16. The molecule has 7 heteroatoms. The zero-order valence-electron chi connectivity index (χ0n) is 14.0. The summed E-state index contributed by atoms with van der Waals surface area (Å²) in [6.07, 6.45) is 3.07. The summed E-state index contributed by atoms with van der Waals surface area (Å²) in [7, 11) is 1.67. The fraction of sp³-hybridized carbons (Fsp3) is 0.105. The molecule has 0 bridgehead atoms. The van der Waals surface area contributed by atoms with Crippen LogP contribution in [0.25, 0.3) is 0 Å². The summed E-state index contributed by atoms with van der Waals surface area (Å²) >= 11 is 0. The molecule has 1 N–H and O–H groups in total. The molecule has 3 rings (SSSR count). The minimum atomic E-state index is -0.279. The Bertz CT molecular complexity index is 915. The Hall–Kier alpha value is -3.79. The van der Waals surface area contributed by atoms with Gasteiger partial charge in [0.05, 0.1) is 36.3 Å². The van der Waals surface area contributed by atoms with Gasteiger partial charge in [0.15, 0.2) is 0 Å². The van der Waals surface area contributed by atoms with Gasteiger partial charge in [0.25, 0.3) is 0 Å². The molecule has 0 spiro atoms. The number of hydrogen-bond acceptors (Lipinski definition) is 5. The fourth-order valence-electron chi connectivity index (χ4n) is 2.19. The maximum atomic E-state index is 12.2. The maximum Gasteiger partial charge on any atom is 0.322 e. The normalized spacial score (nSPS) is 10.0. The van der Waals surface area contributed by atoms with Crippen molar-refractivity contribution < 1.29 is 13.9 Å². The second kappa shape index (κ2) is 7.85. The Kier molecular flexibility index (Phi) is 5.15. The molecule has 2 aromatic heterocycles. The fourth-order valence-corrected chi connectivity index (χ4v) is 2.19. The van der Waals surface area contributed by atoms with Gasteiger partial charge in [-0.25, -0.2) is 9.78 Å². The largest absolute Gasteiger partial charge is 0.467 e. The molecule has 0 saturated heterocycles. The number of carbonyl (C=O) groups excluding carboxylic acids is 1. The zero-order chi connectivity index (χ0) is 18.4. The molecule has 0 atom stereocenters. The highest BCUT2D eigenvalue weighted by Gasteiger charge is 2.11. The highest BCUT2D eigenvalue weighted by Crippen LogP contribution is 2.21. The van der Waals surface area contributed by atoms with Crippen molar-refractivity contribution in [2.45, 2.75) is 6.54 Å². The van der Waals surface area contributed by atoms with E-state index in [1.54, 1.807) is 61.8 Å². The van der Waals surface area contributed by atoms with Gasteiger partial charge in [0.1, 0.15) is 11.5 Å². The van der Waals surface area contributed by atoms with Crippen LogP contribution >= 0.6 is 0 Å². The molecule has 0 fully saturated rings. The molecule has 3 aromatic rings. The second-order valence-corrected chi connectivity index (χ2v) is 5.49. The molecule has 2 amide bonds. The molecule has 0 unspecified atom stereocenters. The standard InChI is InChI=1S/C19H16N4O3/c1-23(13-17-6-3-9-25-17)19(24)22-15-7-8-18(21-12-15)26-16-5-2-4-14(10-16)11-20/h2-10,12H,13H2,1H3,(H,22,24). The van der Waals surface area contributed by atoms with Crippen molar-refractivity contribution >= 4 is 11.7 Å². The molecule has 0 saturated carbocycles. The number of benzene rings is 1. The lowest BCUT2D eigenvalue weighted by Gasteiger charge is -2.16. The van der Waals surface area contributed by atoms with Gasteiger partial charge < -0.3 is 19.4 Å². The highest BCUT2D eigenvalue weighted by atomic mass is 16.5. The number of anilines is 1. The van der Waals surface area contributed by atoms with E-state index >= 15 is 0 Å². The van der Waals surface area contributed by atoms with Crippen LogP contribution in [0.2, 0.25) is 0 Å². The number of pyridine rings is 1. The molecule has 0 aliphatic carbocycles.